The highest BCUT2D eigenvalue weighted by Gasteiger charge is 2.18. The van der Waals surface area contributed by atoms with Crippen LogP contribution in [-0.4, -0.2) is 26.8 Å². The molecule has 0 radical (unpaired) electrons. The van der Waals surface area contributed by atoms with Gasteiger partial charge in [0.05, 0.1) is 6.10 Å². The first-order valence-electron chi connectivity index (χ1n) is 4.77. The Morgan fingerprint density at radius 2 is 1.93 bits per heavy atom. The lowest BCUT2D eigenvalue weighted by atomic mass is 10.0. The Morgan fingerprint density at radius 3 is 2.47 bits per heavy atom. The summed E-state index contributed by atoms with van der Waals surface area (Å²) in [5.41, 5.74) is 1.40. The van der Waals surface area contributed by atoms with E-state index < -0.39 is 12.2 Å². The quantitative estimate of drug-likeness (QED) is 0.735. The van der Waals surface area contributed by atoms with Crippen molar-refractivity contribution in [1.82, 2.24) is 0 Å². The van der Waals surface area contributed by atoms with Crippen LogP contribution in [0.25, 0.3) is 0 Å². The van der Waals surface area contributed by atoms with Crippen LogP contribution in [0, 0.1) is 6.92 Å². The van der Waals surface area contributed by atoms with Crippen molar-refractivity contribution in [3.8, 4) is 5.75 Å². The predicted octanol–water partition coefficient (Wildman–Crippen LogP) is 1.88. The van der Waals surface area contributed by atoms with Gasteiger partial charge in [-0.25, -0.2) is 0 Å². The Morgan fingerprint density at radius 1 is 1.27 bits per heavy atom. The largest absolute Gasteiger partial charge is 0.508 e. The molecule has 0 saturated carbocycles. The molecule has 3 N–H and O–H groups in total. The average Bonchev–Trinajstić information content (AvgIpc) is 2.15. The van der Waals surface area contributed by atoms with E-state index in [4.69, 9.17) is 0 Å². The number of alkyl halides is 1. The highest BCUT2D eigenvalue weighted by molar-refractivity contribution is 9.09. The number of halogens is 1. The van der Waals surface area contributed by atoms with Gasteiger partial charge in [-0.05, 0) is 36.6 Å². The van der Waals surface area contributed by atoms with Crippen molar-refractivity contribution in [2.24, 2.45) is 0 Å². The first-order chi connectivity index (χ1) is 7.04. The summed E-state index contributed by atoms with van der Waals surface area (Å²) in [5.74, 6) is 0.107. The van der Waals surface area contributed by atoms with E-state index in [1.54, 1.807) is 12.1 Å². The first kappa shape index (κ1) is 12.5. The molecule has 15 heavy (non-hydrogen) atoms. The van der Waals surface area contributed by atoms with Crippen molar-refractivity contribution in [3.05, 3.63) is 29.3 Å². The fourth-order valence-electron chi connectivity index (χ4n) is 1.45. The van der Waals surface area contributed by atoms with Crippen molar-refractivity contribution >= 4 is 15.9 Å². The second-order valence-electron chi connectivity index (χ2n) is 3.59. The summed E-state index contributed by atoms with van der Waals surface area (Å²) in [7, 11) is 0. The van der Waals surface area contributed by atoms with Crippen LogP contribution < -0.4 is 0 Å². The summed E-state index contributed by atoms with van der Waals surface area (Å²) in [4.78, 5) is 0. The third kappa shape index (κ3) is 3.48. The lowest BCUT2D eigenvalue weighted by molar-refractivity contribution is 0.0172. The molecule has 0 aliphatic rings. The Kier molecular flexibility index (Phi) is 4.57. The van der Waals surface area contributed by atoms with Gasteiger partial charge in [-0.2, -0.15) is 0 Å². The molecule has 0 amide bonds. The number of aryl methyl sites for hydroxylation is 1. The smallest absolute Gasteiger partial charge is 0.116 e. The molecule has 0 aromatic heterocycles. The molecule has 2 unspecified atom stereocenters. The van der Waals surface area contributed by atoms with Crippen molar-refractivity contribution in [3.63, 3.8) is 0 Å². The van der Waals surface area contributed by atoms with Gasteiger partial charge in [0.1, 0.15) is 11.9 Å². The van der Waals surface area contributed by atoms with Crippen molar-refractivity contribution in [2.75, 3.05) is 5.33 Å². The SMILES string of the molecule is Cc1cc(O)cc(C(O)C(O)CCBr)c1. The number of aliphatic hydroxyl groups is 2. The second-order valence-corrected chi connectivity index (χ2v) is 4.38. The number of phenols is 1. The van der Waals surface area contributed by atoms with Gasteiger partial charge in [0, 0.05) is 5.33 Å². The van der Waals surface area contributed by atoms with Gasteiger partial charge in [-0.1, -0.05) is 22.0 Å². The third-order valence-corrected chi connectivity index (χ3v) is 2.65. The number of hydrogen-bond acceptors (Lipinski definition) is 3. The van der Waals surface area contributed by atoms with Gasteiger partial charge in [0.15, 0.2) is 0 Å². The van der Waals surface area contributed by atoms with Crippen LogP contribution in [0.2, 0.25) is 0 Å². The van der Waals surface area contributed by atoms with Crippen LogP contribution in [0.3, 0.4) is 0 Å². The summed E-state index contributed by atoms with van der Waals surface area (Å²) in [5, 5.41) is 29.4. The van der Waals surface area contributed by atoms with Gasteiger partial charge < -0.3 is 15.3 Å². The van der Waals surface area contributed by atoms with E-state index >= 15 is 0 Å². The Bertz CT molecular complexity index is 307. The molecule has 0 saturated heterocycles. The van der Waals surface area contributed by atoms with Gasteiger partial charge >= 0.3 is 0 Å². The average molecular weight is 275 g/mol. The monoisotopic (exact) mass is 274 g/mol. The predicted molar refractivity (Wildman–Crippen MR) is 62.2 cm³/mol. The maximum Gasteiger partial charge on any atom is 0.116 e. The van der Waals surface area contributed by atoms with E-state index in [0.29, 0.717) is 17.3 Å². The zero-order valence-corrected chi connectivity index (χ0v) is 10.1. The molecule has 0 heterocycles. The van der Waals surface area contributed by atoms with E-state index in [0.717, 1.165) is 5.56 Å². The minimum Gasteiger partial charge on any atom is -0.508 e. The molecule has 3 nitrogen and oxygen atoms in total. The molecule has 1 aromatic carbocycles. The van der Waals surface area contributed by atoms with E-state index in [2.05, 4.69) is 15.9 Å². The van der Waals surface area contributed by atoms with Crippen LogP contribution in [0.4, 0.5) is 0 Å². The highest BCUT2D eigenvalue weighted by Crippen LogP contribution is 2.24. The first-order valence-corrected chi connectivity index (χ1v) is 5.89. The lowest BCUT2D eigenvalue weighted by Crippen LogP contribution is -2.18. The summed E-state index contributed by atoms with van der Waals surface area (Å²) in [6.45, 7) is 1.83. The topological polar surface area (TPSA) is 60.7 Å². The van der Waals surface area contributed by atoms with Crippen LogP contribution in [0.15, 0.2) is 18.2 Å². The molecule has 0 aliphatic carbocycles. The van der Waals surface area contributed by atoms with Crippen LogP contribution in [0.1, 0.15) is 23.7 Å². The molecule has 0 aliphatic heterocycles. The van der Waals surface area contributed by atoms with Gasteiger partial charge in [0.2, 0.25) is 0 Å². The molecule has 0 fully saturated rings. The fourth-order valence-corrected chi connectivity index (χ4v) is 1.92. The van der Waals surface area contributed by atoms with Crippen molar-refractivity contribution < 1.29 is 15.3 Å². The van der Waals surface area contributed by atoms with Gasteiger partial charge in [-0.3, -0.25) is 0 Å². The maximum absolute atomic E-state index is 9.79. The van der Waals surface area contributed by atoms with Crippen molar-refractivity contribution in [1.29, 1.82) is 0 Å². The normalized spacial score (nSPS) is 14.9. The molecule has 1 rings (SSSR count). The summed E-state index contributed by atoms with van der Waals surface area (Å²) >= 11 is 3.20. The number of phenolic OH excluding ortho intramolecular Hbond substituents is 1. The molecule has 84 valence electrons. The van der Waals surface area contributed by atoms with E-state index in [9.17, 15) is 15.3 Å². The van der Waals surface area contributed by atoms with Gasteiger partial charge in [-0.15, -0.1) is 0 Å². The van der Waals surface area contributed by atoms with Crippen LogP contribution in [-0.2, 0) is 0 Å². The molecule has 0 bridgehead atoms. The number of rotatable bonds is 4. The Labute approximate surface area is 97.5 Å². The zero-order chi connectivity index (χ0) is 11.4. The number of aliphatic hydroxyl groups excluding tert-OH is 2. The summed E-state index contributed by atoms with van der Waals surface area (Å²) in [6.07, 6.45) is -1.30. The summed E-state index contributed by atoms with van der Waals surface area (Å²) in [6, 6.07) is 4.82. The minimum atomic E-state index is -0.951. The fraction of sp³-hybridized carbons (Fsp3) is 0.455. The molecule has 0 spiro atoms. The van der Waals surface area contributed by atoms with Crippen LogP contribution >= 0.6 is 15.9 Å². The standard InChI is InChI=1S/C11H15BrO3/c1-7-4-8(6-9(13)5-7)11(15)10(14)2-3-12/h4-6,10-11,13-15H,2-3H2,1H3. The molecule has 4 heteroatoms. The molecular formula is C11H15BrO3. The zero-order valence-electron chi connectivity index (χ0n) is 8.52. The molecular weight excluding hydrogens is 260 g/mol. The number of hydrogen-bond donors (Lipinski definition) is 3. The van der Waals surface area contributed by atoms with Crippen LogP contribution in [0.5, 0.6) is 5.75 Å². The highest BCUT2D eigenvalue weighted by atomic mass is 79.9. The molecule has 1 aromatic rings. The second kappa shape index (κ2) is 5.49. The lowest BCUT2D eigenvalue weighted by Gasteiger charge is -2.17. The Hall–Kier alpha value is -0.580. The van der Waals surface area contributed by atoms with E-state index in [1.807, 2.05) is 6.92 Å². The Balaban J connectivity index is 2.85. The number of aromatic hydroxyl groups is 1. The third-order valence-electron chi connectivity index (χ3n) is 2.20. The van der Waals surface area contributed by atoms with E-state index in [1.165, 1.54) is 6.07 Å². The molecule has 2 atom stereocenters. The maximum atomic E-state index is 9.79. The van der Waals surface area contributed by atoms with E-state index in [-0.39, 0.29) is 5.75 Å². The minimum absolute atomic E-state index is 0.107. The van der Waals surface area contributed by atoms with Gasteiger partial charge in [0.25, 0.3) is 0 Å². The van der Waals surface area contributed by atoms with Crippen molar-refractivity contribution in [2.45, 2.75) is 25.6 Å². The number of benzene rings is 1. The summed E-state index contributed by atoms with van der Waals surface area (Å²) < 4.78 is 0.